The van der Waals surface area contributed by atoms with Gasteiger partial charge in [0, 0.05) is 5.56 Å². The maximum atomic E-state index is 13.0. The third-order valence-corrected chi connectivity index (χ3v) is 4.31. The average molecular weight is 363 g/mol. The number of carbonyl (C=O) groups excluding carboxylic acids is 1. The molecule has 1 N–H and O–H groups in total. The molecule has 0 aliphatic heterocycles. The highest BCUT2D eigenvalue weighted by Gasteiger charge is 2.35. The Bertz CT molecular complexity index is 904. The van der Waals surface area contributed by atoms with E-state index >= 15 is 0 Å². The van der Waals surface area contributed by atoms with E-state index in [2.05, 4.69) is 15.5 Å². The van der Waals surface area contributed by atoms with Gasteiger partial charge in [0.25, 0.3) is 5.91 Å². The van der Waals surface area contributed by atoms with Gasteiger partial charge in [0.1, 0.15) is 5.01 Å². The first-order chi connectivity index (χ1) is 11.8. The zero-order valence-electron chi connectivity index (χ0n) is 13.0. The van der Waals surface area contributed by atoms with Crippen LogP contribution in [0.15, 0.2) is 48.5 Å². The topological polar surface area (TPSA) is 54.9 Å². The summed E-state index contributed by atoms with van der Waals surface area (Å²) in [6, 6.07) is 12.2. The molecule has 4 nitrogen and oxygen atoms in total. The molecule has 1 aromatic heterocycles. The van der Waals surface area contributed by atoms with Crippen LogP contribution in [-0.4, -0.2) is 16.1 Å². The van der Waals surface area contributed by atoms with E-state index in [1.807, 2.05) is 31.2 Å². The molecule has 3 aromatic rings. The van der Waals surface area contributed by atoms with Crippen molar-refractivity contribution in [1.29, 1.82) is 0 Å². The Morgan fingerprint density at radius 2 is 1.72 bits per heavy atom. The molecule has 0 spiro atoms. The smallest absolute Gasteiger partial charge is 0.296 e. The highest BCUT2D eigenvalue weighted by molar-refractivity contribution is 7.18. The van der Waals surface area contributed by atoms with E-state index in [1.54, 1.807) is 0 Å². The molecule has 0 atom stereocenters. The largest absolute Gasteiger partial charge is 0.417 e. The van der Waals surface area contributed by atoms with E-state index in [0.717, 1.165) is 34.6 Å². The molecule has 25 heavy (non-hydrogen) atoms. The zero-order valence-corrected chi connectivity index (χ0v) is 13.8. The van der Waals surface area contributed by atoms with Crippen molar-refractivity contribution in [2.75, 3.05) is 5.32 Å². The second-order valence-electron chi connectivity index (χ2n) is 5.28. The van der Waals surface area contributed by atoms with Gasteiger partial charge in [0.05, 0.1) is 11.1 Å². The SMILES string of the molecule is Cc1ccc(-c2nnc(NC(=O)c3ccccc3C(F)(F)F)s2)cc1. The van der Waals surface area contributed by atoms with Crippen LogP contribution in [0.2, 0.25) is 0 Å². The van der Waals surface area contributed by atoms with E-state index in [-0.39, 0.29) is 5.13 Å². The van der Waals surface area contributed by atoms with Crippen molar-refractivity contribution >= 4 is 22.4 Å². The maximum absolute atomic E-state index is 13.0. The lowest BCUT2D eigenvalue weighted by Gasteiger charge is -2.11. The van der Waals surface area contributed by atoms with Gasteiger partial charge < -0.3 is 0 Å². The summed E-state index contributed by atoms with van der Waals surface area (Å²) in [6.07, 6.45) is -4.61. The van der Waals surface area contributed by atoms with Crippen molar-refractivity contribution in [3.8, 4) is 10.6 Å². The number of carbonyl (C=O) groups is 1. The molecule has 1 amide bonds. The number of benzene rings is 2. The number of aryl methyl sites for hydroxylation is 1. The number of halogens is 3. The van der Waals surface area contributed by atoms with Gasteiger partial charge in [-0.05, 0) is 19.1 Å². The maximum Gasteiger partial charge on any atom is 0.417 e. The molecule has 0 radical (unpaired) electrons. The minimum absolute atomic E-state index is 0.137. The Hall–Kier alpha value is -2.74. The lowest BCUT2D eigenvalue weighted by molar-refractivity contribution is -0.137. The number of aromatic nitrogens is 2. The molecule has 2 aromatic carbocycles. The zero-order chi connectivity index (χ0) is 18.0. The van der Waals surface area contributed by atoms with Crippen LogP contribution < -0.4 is 5.32 Å². The molecule has 0 aliphatic rings. The predicted molar refractivity (Wildman–Crippen MR) is 89.5 cm³/mol. The fraction of sp³-hybridized carbons (Fsp3) is 0.118. The Morgan fingerprint density at radius 3 is 2.40 bits per heavy atom. The number of hydrogen-bond donors (Lipinski definition) is 1. The van der Waals surface area contributed by atoms with Gasteiger partial charge >= 0.3 is 6.18 Å². The van der Waals surface area contributed by atoms with Crippen LogP contribution >= 0.6 is 11.3 Å². The molecular weight excluding hydrogens is 351 g/mol. The Kier molecular flexibility index (Phi) is 4.54. The summed E-state index contributed by atoms with van der Waals surface area (Å²) >= 11 is 1.09. The molecule has 0 saturated heterocycles. The summed E-state index contributed by atoms with van der Waals surface area (Å²) < 4.78 is 39.0. The molecular formula is C17H12F3N3OS. The van der Waals surface area contributed by atoms with Crippen LogP contribution in [0.5, 0.6) is 0 Å². The normalized spacial score (nSPS) is 11.4. The van der Waals surface area contributed by atoms with E-state index < -0.39 is 23.2 Å². The lowest BCUT2D eigenvalue weighted by Crippen LogP contribution is -2.18. The van der Waals surface area contributed by atoms with Crippen LogP contribution in [0.3, 0.4) is 0 Å². The number of nitrogens with one attached hydrogen (secondary N) is 1. The van der Waals surface area contributed by atoms with Crippen molar-refractivity contribution < 1.29 is 18.0 Å². The fourth-order valence-corrected chi connectivity index (χ4v) is 2.92. The number of rotatable bonds is 3. The predicted octanol–water partition coefficient (Wildman–Crippen LogP) is 4.78. The number of anilines is 1. The lowest BCUT2D eigenvalue weighted by atomic mass is 10.1. The number of hydrogen-bond acceptors (Lipinski definition) is 4. The quantitative estimate of drug-likeness (QED) is 0.728. The first-order valence-electron chi connectivity index (χ1n) is 7.23. The van der Waals surface area contributed by atoms with Gasteiger partial charge in [-0.1, -0.05) is 53.3 Å². The van der Waals surface area contributed by atoms with Crippen molar-refractivity contribution in [2.45, 2.75) is 13.1 Å². The van der Waals surface area contributed by atoms with Crippen molar-refractivity contribution in [1.82, 2.24) is 10.2 Å². The third kappa shape index (κ3) is 3.85. The highest BCUT2D eigenvalue weighted by Crippen LogP contribution is 2.32. The van der Waals surface area contributed by atoms with Crippen LogP contribution in [0.4, 0.5) is 18.3 Å². The molecule has 0 unspecified atom stereocenters. The first-order valence-corrected chi connectivity index (χ1v) is 8.04. The van der Waals surface area contributed by atoms with Gasteiger partial charge in [0.15, 0.2) is 0 Å². The minimum Gasteiger partial charge on any atom is -0.296 e. The van der Waals surface area contributed by atoms with Crippen LogP contribution in [0.25, 0.3) is 10.6 Å². The molecule has 0 fully saturated rings. The van der Waals surface area contributed by atoms with Gasteiger partial charge in [-0.25, -0.2) is 0 Å². The Morgan fingerprint density at radius 1 is 1.04 bits per heavy atom. The minimum atomic E-state index is -4.61. The van der Waals surface area contributed by atoms with Gasteiger partial charge in [0.2, 0.25) is 5.13 Å². The van der Waals surface area contributed by atoms with E-state index in [0.29, 0.717) is 5.01 Å². The summed E-state index contributed by atoms with van der Waals surface area (Å²) in [5.74, 6) is -0.875. The number of alkyl halides is 3. The second-order valence-corrected chi connectivity index (χ2v) is 6.25. The molecule has 0 saturated carbocycles. The molecule has 1 heterocycles. The van der Waals surface area contributed by atoms with E-state index in [1.165, 1.54) is 12.1 Å². The summed E-state index contributed by atoms with van der Waals surface area (Å²) in [7, 11) is 0. The summed E-state index contributed by atoms with van der Waals surface area (Å²) in [6.45, 7) is 1.95. The van der Waals surface area contributed by atoms with Gasteiger partial charge in [-0.3, -0.25) is 10.1 Å². The molecule has 0 bridgehead atoms. The monoisotopic (exact) mass is 363 g/mol. The Balaban J connectivity index is 1.82. The van der Waals surface area contributed by atoms with Crippen LogP contribution in [0, 0.1) is 6.92 Å². The first kappa shape index (κ1) is 17.1. The average Bonchev–Trinajstić information content (AvgIpc) is 3.03. The Labute approximate surface area is 145 Å². The third-order valence-electron chi connectivity index (χ3n) is 3.42. The van der Waals surface area contributed by atoms with Gasteiger partial charge in [-0.15, -0.1) is 10.2 Å². The van der Waals surface area contributed by atoms with Crippen molar-refractivity contribution in [3.63, 3.8) is 0 Å². The van der Waals surface area contributed by atoms with E-state index in [4.69, 9.17) is 0 Å². The molecule has 128 valence electrons. The summed E-state index contributed by atoms with van der Waals surface area (Å²) in [4.78, 5) is 12.2. The van der Waals surface area contributed by atoms with Crippen LogP contribution in [0.1, 0.15) is 21.5 Å². The molecule has 8 heteroatoms. The number of nitrogens with zero attached hydrogens (tertiary/aromatic N) is 2. The standard InChI is InChI=1S/C17H12F3N3OS/c1-10-6-8-11(9-7-10)15-22-23-16(25-15)21-14(24)12-4-2-3-5-13(12)17(18,19)20/h2-9H,1H3,(H,21,23,24). The highest BCUT2D eigenvalue weighted by atomic mass is 32.1. The second kappa shape index (κ2) is 6.64. The van der Waals surface area contributed by atoms with Crippen molar-refractivity contribution in [2.24, 2.45) is 0 Å². The van der Waals surface area contributed by atoms with E-state index in [9.17, 15) is 18.0 Å². The van der Waals surface area contributed by atoms with Crippen molar-refractivity contribution in [3.05, 3.63) is 65.2 Å². The van der Waals surface area contributed by atoms with Crippen LogP contribution in [-0.2, 0) is 6.18 Å². The van der Waals surface area contributed by atoms with Gasteiger partial charge in [-0.2, -0.15) is 13.2 Å². The summed E-state index contributed by atoms with van der Waals surface area (Å²) in [5, 5.41) is 10.9. The molecule has 3 rings (SSSR count). The fourth-order valence-electron chi connectivity index (χ4n) is 2.18. The summed E-state index contributed by atoms with van der Waals surface area (Å²) in [5.41, 5.74) is 0.461. The number of amides is 1. The molecule has 0 aliphatic carbocycles.